The fourth-order valence-electron chi connectivity index (χ4n) is 2.39. The summed E-state index contributed by atoms with van der Waals surface area (Å²) in [6, 6.07) is 9.06. The van der Waals surface area contributed by atoms with Gasteiger partial charge in [-0.25, -0.2) is 0 Å². The molecular formula is C16H15BrN4O3S. The van der Waals surface area contributed by atoms with Crippen LogP contribution in [0.3, 0.4) is 0 Å². The normalized spacial score (nSPS) is 15.9. The standard InChI is InChI=1S/C16H15BrN4O3S/c1-21-8-9(17)6-11(21)15(23)20-19-14(22)7-13-16(24)18-10-4-2-3-5-12(10)25-13/h2-6,8,13H,7H2,1H3,(H,18,24)(H,19,22)(H,20,23)/t13-/m1/s1. The summed E-state index contributed by atoms with van der Waals surface area (Å²) in [5.74, 6) is -1.10. The number of aryl methyl sites for hydroxylation is 1. The summed E-state index contributed by atoms with van der Waals surface area (Å²) >= 11 is 4.62. The first-order valence-corrected chi connectivity index (χ1v) is 9.09. The van der Waals surface area contributed by atoms with Gasteiger partial charge in [0.25, 0.3) is 5.91 Å². The Morgan fingerprint density at radius 3 is 2.80 bits per heavy atom. The number of benzene rings is 1. The summed E-state index contributed by atoms with van der Waals surface area (Å²) < 4.78 is 2.40. The Labute approximate surface area is 156 Å². The topological polar surface area (TPSA) is 92.2 Å². The highest BCUT2D eigenvalue weighted by molar-refractivity contribution is 9.10. The maximum atomic E-state index is 12.1. The van der Waals surface area contributed by atoms with Crippen molar-refractivity contribution in [1.82, 2.24) is 15.4 Å². The first-order valence-electron chi connectivity index (χ1n) is 7.41. The minimum atomic E-state index is -0.545. The Morgan fingerprint density at radius 2 is 2.08 bits per heavy atom. The van der Waals surface area contributed by atoms with E-state index in [0.717, 1.165) is 15.1 Å². The van der Waals surface area contributed by atoms with Crippen LogP contribution in [-0.2, 0) is 16.6 Å². The van der Waals surface area contributed by atoms with Crippen LogP contribution in [0, 0.1) is 0 Å². The molecule has 2 aromatic rings. The molecule has 1 aromatic carbocycles. The van der Waals surface area contributed by atoms with Crippen molar-refractivity contribution in [3.05, 3.63) is 46.7 Å². The molecule has 130 valence electrons. The monoisotopic (exact) mass is 422 g/mol. The lowest BCUT2D eigenvalue weighted by atomic mass is 10.2. The average Bonchev–Trinajstić information content (AvgIpc) is 2.92. The van der Waals surface area contributed by atoms with Gasteiger partial charge in [0.15, 0.2) is 0 Å². The van der Waals surface area contributed by atoms with Crippen molar-refractivity contribution in [2.24, 2.45) is 7.05 Å². The Morgan fingerprint density at radius 1 is 1.32 bits per heavy atom. The number of thioether (sulfide) groups is 1. The fourth-order valence-corrected chi connectivity index (χ4v) is 4.02. The van der Waals surface area contributed by atoms with Gasteiger partial charge in [0.05, 0.1) is 10.9 Å². The predicted molar refractivity (Wildman–Crippen MR) is 98.1 cm³/mol. The summed E-state index contributed by atoms with van der Waals surface area (Å²) in [5.41, 5.74) is 5.85. The van der Waals surface area contributed by atoms with Crippen LogP contribution in [0.15, 0.2) is 45.9 Å². The molecule has 0 saturated carbocycles. The summed E-state index contributed by atoms with van der Waals surface area (Å²) in [6.45, 7) is 0. The van der Waals surface area contributed by atoms with Crippen molar-refractivity contribution in [2.75, 3.05) is 5.32 Å². The molecule has 25 heavy (non-hydrogen) atoms. The first kappa shape index (κ1) is 17.6. The third-order valence-electron chi connectivity index (χ3n) is 3.60. The van der Waals surface area contributed by atoms with Gasteiger partial charge in [-0.2, -0.15) is 0 Å². The number of carbonyl (C=O) groups excluding carboxylic acids is 3. The van der Waals surface area contributed by atoms with Crippen molar-refractivity contribution >= 4 is 51.1 Å². The van der Waals surface area contributed by atoms with E-state index in [9.17, 15) is 14.4 Å². The van der Waals surface area contributed by atoms with Gasteiger partial charge < -0.3 is 9.88 Å². The van der Waals surface area contributed by atoms with Crippen molar-refractivity contribution in [1.29, 1.82) is 0 Å². The zero-order valence-corrected chi connectivity index (χ0v) is 15.6. The second kappa shape index (κ2) is 7.32. The van der Waals surface area contributed by atoms with Gasteiger partial charge in [0, 0.05) is 29.0 Å². The second-order valence-corrected chi connectivity index (χ2v) is 7.61. The van der Waals surface area contributed by atoms with Gasteiger partial charge in [-0.05, 0) is 34.1 Å². The fraction of sp³-hybridized carbons (Fsp3) is 0.188. The van der Waals surface area contributed by atoms with Crippen molar-refractivity contribution in [2.45, 2.75) is 16.6 Å². The molecule has 0 saturated heterocycles. The molecular weight excluding hydrogens is 408 g/mol. The molecule has 1 aromatic heterocycles. The number of fused-ring (bicyclic) bond motifs is 1. The van der Waals surface area contributed by atoms with Crippen LogP contribution < -0.4 is 16.2 Å². The van der Waals surface area contributed by atoms with Crippen LogP contribution >= 0.6 is 27.7 Å². The number of amides is 3. The zero-order valence-electron chi connectivity index (χ0n) is 13.2. The number of hydrazine groups is 1. The Balaban J connectivity index is 1.55. The highest BCUT2D eigenvalue weighted by atomic mass is 79.9. The molecule has 1 aliphatic rings. The van der Waals surface area contributed by atoms with Gasteiger partial charge in [-0.15, -0.1) is 11.8 Å². The summed E-state index contributed by atoms with van der Waals surface area (Å²) in [6.07, 6.45) is 1.69. The number of carbonyl (C=O) groups is 3. The van der Waals surface area contributed by atoms with Crippen LogP contribution in [-0.4, -0.2) is 27.5 Å². The number of nitrogens with zero attached hydrogens (tertiary/aromatic N) is 1. The molecule has 0 bridgehead atoms. The molecule has 3 amide bonds. The lowest BCUT2D eigenvalue weighted by Crippen LogP contribution is -2.44. The minimum absolute atomic E-state index is 0.0397. The third-order valence-corrected chi connectivity index (χ3v) is 5.31. The number of halogens is 1. The highest BCUT2D eigenvalue weighted by Crippen LogP contribution is 2.36. The van der Waals surface area contributed by atoms with E-state index in [0.29, 0.717) is 5.69 Å². The van der Waals surface area contributed by atoms with Gasteiger partial charge in [0.2, 0.25) is 11.8 Å². The molecule has 0 fully saturated rings. The van der Waals surface area contributed by atoms with Crippen molar-refractivity contribution < 1.29 is 14.4 Å². The van der Waals surface area contributed by atoms with Gasteiger partial charge in [-0.3, -0.25) is 25.2 Å². The van der Waals surface area contributed by atoms with E-state index in [2.05, 4.69) is 32.1 Å². The van der Waals surface area contributed by atoms with E-state index < -0.39 is 17.1 Å². The maximum Gasteiger partial charge on any atom is 0.286 e. The molecule has 0 spiro atoms. The quantitative estimate of drug-likeness (QED) is 0.659. The van der Waals surface area contributed by atoms with E-state index in [1.165, 1.54) is 11.8 Å². The second-order valence-electron chi connectivity index (χ2n) is 5.45. The van der Waals surface area contributed by atoms with Crippen LogP contribution in [0.25, 0.3) is 0 Å². The van der Waals surface area contributed by atoms with Gasteiger partial charge in [-0.1, -0.05) is 12.1 Å². The van der Waals surface area contributed by atoms with E-state index in [1.54, 1.807) is 23.9 Å². The van der Waals surface area contributed by atoms with Gasteiger partial charge in [0.1, 0.15) is 5.69 Å². The van der Waals surface area contributed by atoms with Crippen LogP contribution in [0.4, 0.5) is 5.69 Å². The van der Waals surface area contributed by atoms with Crippen LogP contribution in [0.2, 0.25) is 0 Å². The zero-order chi connectivity index (χ0) is 18.0. The van der Waals surface area contributed by atoms with E-state index in [4.69, 9.17) is 0 Å². The van der Waals surface area contributed by atoms with E-state index in [1.807, 2.05) is 24.3 Å². The third kappa shape index (κ3) is 4.05. The molecule has 1 atom stereocenters. The Kier molecular flexibility index (Phi) is 5.14. The maximum absolute atomic E-state index is 12.1. The molecule has 3 rings (SSSR count). The van der Waals surface area contributed by atoms with Crippen molar-refractivity contribution in [3.63, 3.8) is 0 Å². The molecule has 7 nitrogen and oxygen atoms in total. The lowest BCUT2D eigenvalue weighted by Gasteiger charge is -2.23. The smallest absolute Gasteiger partial charge is 0.286 e. The highest BCUT2D eigenvalue weighted by Gasteiger charge is 2.28. The number of rotatable bonds is 3. The average molecular weight is 423 g/mol. The Hall–Kier alpha value is -2.26. The number of nitrogens with one attached hydrogen (secondary N) is 3. The van der Waals surface area contributed by atoms with Gasteiger partial charge >= 0.3 is 0 Å². The van der Waals surface area contributed by atoms with E-state index in [-0.39, 0.29) is 12.3 Å². The number of aromatic nitrogens is 1. The summed E-state index contributed by atoms with van der Waals surface area (Å²) in [7, 11) is 1.72. The molecule has 0 aliphatic carbocycles. The SMILES string of the molecule is Cn1cc(Br)cc1C(=O)NNC(=O)C[C@H]1Sc2ccccc2NC1=O. The predicted octanol–water partition coefficient (Wildman–Crippen LogP) is 2.05. The molecule has 0 radical (unpaired) electrons. The first-order chi connectivity index (χ1) is 11.9. The summed E-state index contributed by atoms with van der Waals surface area (Å²) in [4.78, 5) is 37.1. The van der Waals surface area contributed by atoms with E-state index >= 15 is 0 Å². The number of hydrogen-bond acceptors (Lipinski definition) is 4. The number of anilines is 1. The largest absolute Gasteiger partial charge is 0.345 e. The Bertz CT molecular complexity index is 852. The summed E-state index contributed by atoms with van der Waals surface area (Å²) in [5, 5.41) is 2.24. The molecule has 2 heterocycles. The molecule has 0 unspecified atom stereocenters. The van der Waals surface area contributed by atoms with Crippen LogP contribution in [0.1, 0.15) is 16.9 Å². The molecule has 1 aliphatic heterocycles. The number of hydrogen-bond donors (Lipinski definition) is 3. The molecule has 9 heteroatoms. The van der Waals surface area contributed by atoms with Crippen LogP contribution in [0.5, 0.6) is 0 Å². The lowest BCUT2D eigenvalue weighted by molar-refractivity contribution is -0.124. The van der Waals surface area contributed by atoms with Crippen molar-refractivity contribution in [3.8, 4) is 0 Å². The number of para-hydroxylation sites is 1. The minimum Gasteiger partial charge on any atom is -0.345 e. The molecule has 3 N–H and O–H groups in total.